The fourth-order valence-corrected chi connectivity index (χ4v) is 18.0. The molecule has 0 aromatic heterocycles. The summed E-state index contributed by atoms with van der Waals surface area (Å²) in [6.07, 6.45) is 5.89. The summed E-state index contributed by atoms with van der Waals surface area (Å²) in [5, 5.41) is 2.64. The van der Waals surface area contributed by atoms with Gasteiger partial charge in [0.1, 0.15) is 0 Å². The van der Waals surface area contributed by atoms with Gasteiger partial charge >= 0.3 is 114 Å². The molecule has 0 atom stereocenters. The second-order valence-corrected chi connectivity index (χ2v) is 17.2. The van der Waals surface area contributed by atoms with Gasteiger partial charge in [-0.25, -0.2) is 0 Å². The Bertz CT molecular complexity index is 243. The fraction of sp³-hybridized carbons (Fsp3) is 0.818. The van der Waals surface area contributed by atoms with Gasteiger partial charge in [-0.3, -0.25) is 0 Å². The van der Waals surface area contributed by atoms with E-state index >= 15 is 0 Å². The molecule has 0 aromatic carbocycles. The van der Waals surface area contributed by atoms with E-state index in [1.807, 2.05) is 0 Å². The Morgan fingerprint density at radius 2 is 1.44 bits per heavy atom. The van der Waals surface area contributed by atoms with Crippen molar-refractivity contribution in [3.05, 3.63) is 0 Å². The van der Waals surface area contributed by atoms with Gasteiger partial charge in [0, 0.05) is 0 Å². The topological polar surface area (TPSA) is 24.1 Å². The van der Waals surface area contributed by atoms with Gasteiger partial charge in [0.25, 0.3) is 0 Å². The molecule has 0 radical (unpaired) electrons. The molecule has 2 nitrogen and oxygen atoms in total. The first kappa shape index (κ1) is 14.5. The van der Waals surface area contributed by atoms with Crippen molar-refractivity contribution in [3.8, 4) is 0 Å². The van der Waals surface area contributed by atoms with Crippen molar-refractivity contribution in [2.45, 2.75) is 56.0 Å². The minimum absolute atomic E-state index is 0.768. The zero-order chi connectivity index (χ0) is 12.0. The first-order valence-electron chi connectivity index (χ1n) is 6.74. The molecule has 1 aliphatic heterocycles. The molecule has 0 aromatic rings. The molecular weight excluding hydrogens is 290 g/mol. The van der Waals surface area contributed by atoms with E-state index in [0.29, 0.717) is 0 Å². The first-order chi connectivity index (χ1) is 7.62. The summed E-state index contributed by atoms with van der Waals surface area (Å²) >= 11 is 8.16. The summed E-state index contributed by atoms with van der Waals surface area (Å²) < 4.78 is 7.36. The van der Waals surface area contributed by atoms with Crippen molar-refractivity contribution >= 4 is 34.4 Å². The molecule has 5 heteroatoms. The molecule has 0 bridgehead atoms. The Labute approximate surface area is 113 Å². The normalized spacial score (nSPS) is 17.1. The monoisotopic (exact) mass is 310 g/mol. The van der Waals surface area contributed by atoms with Crippen LogP contribution < -0.4 is 8.12 Å². The number of thiocarbonyl (C=S) groups is 2. The minimum atomic E-state index is -2.54. The van der Waals surface area contributed by atoms with Crippen molar-refractivity contribution in [1.29, 1.82) is 0 Å². The quantitative estimate of drug-likeness (QED) is 0.577. The molecular formula is C11H22N2S2Zn. The summed E-state index contributed by atoms with van der Waals surface area (Å²) in [7, 11) is 0. The van der Waals surface area contributed by atoms with E-state index in [2.05, 4.69) is 22.0 Å². The van der Waals surface area contributed by atoms with Crippen molar-refractivity contribution in [3.63, 3.8) is 0 Å². The van der Waals surface area contributed by atoms with Gasteiger partial charge in [-0.05, 0) is 0 Å². The van der Waals surface area contributed by atoms with Gasteiger partial charge in [0.2, 0.25) is 0 Å². The van der Waals surface area contributed by atoms with E-state index in [4.69, 9.17) is 24.4 Å². The second kappa shape index (κ2) is 6.98. The molecule has 0 saturated carbocycles. The number of hydrogen-bond donors (Lipinski definition) is 2. The third-order valence-corrected chi connectivity index (χ3v) is 17.3. The number of nitrogens with one attached hydrogen (secondary N) is 2. The van der Waals surface area contributed by atoms with Crippen LogP contribution in [0.2, 0.25) is 10.0 Å². The Morgan fingerprint density at radius 3 is 1.81 bits per heavy atom. The third kappa shape index (κ3) is 4.35. The zero-order valence-corrected chi connectivity index (χ0v) is 15.1. The van der Waals surface area contributed by atoms with Gasteiger partial charge in [-0.1, -0.05) is 0 Å². The van der Waals surface area contributed by atoms with Crippen LogP contribution in [0, 0.1) is 0 Å². The molecule has 0 spiro atoms. The Morgan fingerprint density at radius 1 is 1.00 bits per heavy atom. The summed E-state index contributed by atoms with van der Waals surface area (Å²) in [6.45, 7) is 4.50. The van der Waals surface area contributed by atoms with E-state index in [-0.39, 0.29) is 0 Å². The molecule has 1 aliphatic rings. The second-order valence-electron chi connectivity index (χ2n) is 5.32. The summed E-state index contributed by atoms with van der Waals surface area (Å²) in [4.78, 5) is 1.99. The van der Waals surface area contributed by atoms with Gasteiger partial charge in [0.15, 0.2) is 0 Å². The number of hydrogen-bond acceptors (Lipinski definition) is 2. The van der Waals surface area contributed by atoms with E-state index in [0.717, 1.165) is 16.4 Å². The first-order valence-corrected chi connectivity index (χ1v) is 14.7. The Kier molecular flexibility index (Phi) is 6.31. The fourth-order valence-electron chi connectivity index (χ4n) is 2.95. The molecule has 16 heavy (non-hydrogen) atoms. The van der Waals surface area contributed by atoms with Crippen LogP contribution in [0.25, 0.3) is 0 Å². The molecule has 1 saturated heterocycles. The summed E-state index contributed by atoms with van der Waals surface area (Å²) in [5.41, 5.74) is 0. The van der Waals surface area contributed by atoms with Gasteiger partial charge in [-0.2, -0.15) is 0 Å². The van der Waals surface area contributed by atoms with Crippen molar-refractivity contribution in [1.82, 2.24) is 8.12 Å². The maximum atomic E-state index is 5.35. The summed E-state index contributed by atoms with van der Waals surface area (Å²) in [6, 6.07) is 0. The van der Waals surface area contributed by atoms with Crippen molar-refractivity contribution in [2.24, 2.45) is 0 Å². The third-order valence-electron chi connectivity index (χ3n) is 3.81. The van der Waals surface area contributed by atoms with Crippen LogP contribution in [-0.2, 0) is 15.3 Å². The van der Waals surface area contributed by atoms with Crippen LogP contribution in [-0.4, -0.2) is 9.98 Å². The molecule has 1 rings (SSSR count). The van der Waals surface area contributed by atoms with Crippen LogP contribution in [0.5, 0.6) is 0 Å². The average Bonchev–Trinajstić information content (AvgIpc) is 2.22. The molecule has 1 fully saturated rings. The van der Waals surface area contributed by atoms with E-state index in [1.165, 1.54) is 35.7 Å². The van der Waals surface area contributed by atoms with Crippen LogP contribution in [0.3, 0.4) is 0 Å². The predicted molar refractivity (Wildman–Crippen MR) is 75.5 cm³/mol. The van der Waals surface area contributed by atoms with Crippen molar-refractivity contribution < 1.29 is 15.3 Å². The molecule has 0 aliphatic carbocycles. The van der Waals surface area contributed by atoms with Crippen LogP contribution >= 0.6 is 24.4 Å². The number of unbranched alkanes of at least 4 members (excludes halogenated alkanes) is 2. The van der Waals surface area contributed by atoms with Gasteiger partial charge in [-0.15, -0.1) is 0 Å². The van der Waals surface area contributed by atoms with E-state index in [9.17, 15) is 0 Å². The summed E-state index contributed by atoms with van der Waals surface area (Å²) in [5.74, 6) is 0. The predicted octanol–water partition coefficient (Wildman–Crippen LogP) is 3.64. The van der Waals surface area contributed by atoms with Crippen LogP contribution in [0.15, 0.2) is 0 Å². The number of rotatable bonds is 6. The standard InChI is InChI=1S/2C4H9.C3H6N2S2.Zn/c2*1-3-4-2;4-2(6)1-3(5)7;/h2*1,3-4H2,2H3;1H2,(H4,4,5,6,7);/q;;;+2/p-2. The molecule has 0 unspecified atom stereocenters. The Balaban J connectivity index is 2.67. The molecule has 1 heterocycles. The molecule has 90 valence electrons. The Hall–Kier alpha value is 0.403. The van der Waals surface area contributed by atoms with Gasteiger partial charge < -0.3 is 0 Å². The van der Waals surface area contributed by atoms with E-state index in [1.54, 1.807) is 0 Å². The van der Waals surface area contributed by atoms with Crippen molar-refractivity contribution in [2.75, 3.05) is 0 Å². The van der Waals surface area contributed by atoms with E-state index < -0.39 is 15.3 Å². The molecule has 2 N–H and O–H groups in total. The SMILES string of the molecule is CCC[CH2][Zn]1([CH2]CCC)[NH]C(=S)CC(=S)[NH]1. The zero-order valence-electron chi connectivity index (χ0n) is 10.5. The maximum absolute atomic E-state index is 5.35. The average molecular weight is 312 g/mol. The molecule has 0 amide bonds. The van der Waals surface area contributed by atoms with Gasteiger partial charge in [0.05, 0.1) is 0 Å². The van der Waals surface area contributed by atoms with Crippen LogP contribution in [0.1, 0.15) is 46.0 Å². The van der Waals surface area contributed by atoms with Crippen LogP contribution in [0.4, 0.5) is 0 Å².